The minimum absolute atomic E-state index is 0.00830. The lowest BCUT2D eigenvalue weighted by atomic mass is 10.3. The largest absolute Gasteiger partial charge is 0.437 e. The maximum Gasteiger partial charge on any atom is 0.417 e. The van der Waals surface area contributed by atoms with Crippen molar-refractivity contribution in [2.24, 2.45) is 0 Å². The number of rotatable bonds is 4. The fraction of sp³-hybridized carbons (Fsp3) is 0.312. The van der Waals surface area contributed by atoms with Gasteiger partial charge in [0.05, 0.1) is 28.7 Å². The first-order valence-corrected chi connectivity index (χ1v) is 9.58. The zero-order chi connectivity index (χ0) is 19.7. The lowest BCUT2D eigenvalue weighted by Gasteiger charge is -2.26. The van der Waals surface area contributed by atoms with Crippen LogP contribution in [0.2, 0.25) is 5.02 Å². The molecule has 27 heavy (non-hydrogen) atoms. The highest BCUT2D eigenvalue weighted by Crippen LogP contribution is 2.33. The number of nitrogens with zero attached hydrogens (tertiary/aromatic N) is 2. The van der Waals surface area contributed by atoms with Crippen molar-refractivity contribution in [2.75, 3.05) is 26.3 Å². The van der Waals surface area contributed by atoms with Crippen molar-refractivity contribution in [3.05, 3.63) is 47.1 Å². The molecule has 1 fully saturated rings. The summed E-state index contributed by atoms with van der Waals surface area (Å²) < 4.78 is 74.6. The van der Waals surface area contributed by atoms with Crippen LogP contribution in [0.15, 0.2) is 41.4 Å². The number of ether oxygens (including phenoxy) is 2. The molecule has 2 aromatic rings. The molecular formula is C16H14ClF3N2O4S. The smallest absolute Gasteiger partial charge is 0.417 e. The minimum Gasteiger partial charge on any atom is -0.437 e. The normalized spacial score (nSPS) is 16.3. The molecule has 0 aliphatic carbocycles. The first-order valence-electron chi connectivity index (χ1n) is 7.76. The van der Waals surface area contributed by atoms with E-state index in [1.165, 1.54) is 22.5 Å². The maximum atomic E-state index is 12.6. The van der Waals surface area contributed by atoms with Crippen LogP contribution < -0.4 is 4.74 Å². The molecule has 1 aromatic heterocycles. The summed E-state index contributed by atoms with van der Waals surface area (Å²) in [4.78, 5) is 3.57. The summed E-state index contributed by atoms with van der Waals surface area (Å²) in [6.45, 7) is 1.11. The number of halogens is 4. The van der Waals surface area contributed by atoms with Crippen molar-refractivity contribution in [1.82, 2.24) is 9.29 Å². The highest BCUT2D eigenvalue weighted by atomic mass is 35.5. The fourth-order valence-electron chi connectivity index (χ4n) is 2.38. The van der Waals surface area contributed by atoms with E-state index in [-0.39, 0.29) is 34.6 Å². The molecular weight excluding hydrogens is 409 g/mol. The van der Waals surface area contributed by atoms with Gasteiger partial charge < -0.3 is 9.47 Å². The second kappa shape index (κ2) is 7.63. The molecule has 3 rings (SSSR count). The Morgan fingerprint density at radius 3 is 2.41 bits per heavy atom. The number of alkyl halides is 3. The molecule has 0 bridgehead atoms. The molecule has 146 valence electrons. The van der Waals surface area contributed by atoms with Crippen LogP contribution in [-0.2, 0) is 20.9 Å². The first kappa shape index (κ1) is 19.9. The topological polar surface area (TPSA) is 68.7 Å². The fourth-order valence-corrected chi connectivity index (χ4v) is 4.10. The Balaban J connectivity index is 1.79. The first-order chi connectivity index (χ1) is 12.7. The van der Waals surface area contributed by atoms with Crippen LogP contribution in [0.25, 0.3) is 0 Å². The van der Waals surface area contributed by atoms with E-state index in [0.29, 0.717) is 19.4 Å². The highest BCUT2D eigenvalue weighted by molar-refractivity contribution is 7.89. The Bertz CT molecular complexity index is 914. The third-order valence-corrected chi connectivity index (χ3v) is 5.98. The van der Waals surface area contributed by atoms with E-state index in [1.54, 1.807) is 0 Å². The molecule has 1 aliphatic heterocycles. The van der Waals surface area contributed by atoms with Gasteiger partial charge in [0.1, 0.15) is 5.75 Å². The molecule has 0 amide bonds. The Kier molecular flexibility index (Phi) is 5.61. The van der Waals surface area contributed by atoms with Gasteiger partial charge in [0.15, 0.2) is 0 Å². The van der Waals surface area contributed by atoms with Gasteiger partial charge in [-0.25, -0.2) is 13.4 Å². The monoisotopic (exact) mass is 422 g/mol. The molecule has 1 aromatic carbocycles. The third kappa shape index (κ3) is 4.52. The Labute approximate surface area is 158 Å². The second-order valence-corrected chi connectivity index (χ2v) is 7.94. The van der Waals surface area contributed by atoms with Crippen molar-refractivity contribution >= 4 is 21.6 Å². The zero-order valence-corrected chi connectivity index (χ0v) is 15.3. The van der Waals surface area contributed by atoms with Crippen LogP contribution in [-0.4, -0.2) is 44.0 Å². The van der Waals surface area contributed by atoms with Gasteiger partial charge in [-0.15, -0.1) is 0 Å². The predicted molar refractivity (Wildman–Crippen MR) is 90.3 cm³/mol. The van der Waals surface area contributed by atoms with Crippen molar-refractivity contribution in [1.29, 1.82) is 0 Å². The number of hydrogen-bond acceptors (Lipinski definition) is 5. The van der Waals surface area contributed by atoms with Gasteiger partial charge in [-0.05, 0) is 24.3 Å². The van der Waals surface area contributed by atoms with E-state index in [1.807, 2.05) is 0 Å². The van der Waals surface area contributed by atoms with Crippen molar-refractivity contribution in [3.63, 3.8) is 0 Å². The SMILES string of the molecule is O=S(=O)(c1ccc(Oc2ccc(C(F)(F)F)cn2)c(Cl)c1)N1CCOCC1. The van der Waals surface area contributed by atoms with E-state index in [2.05, 4.69) is 4.98 Å². The summed E-state index contributed by atoms with van der Waals surface area (Å²) in [6, 6.07) is 5.75. The number of sulfonamides is 1. The van der Waals surface area contributed by atoms with Crippen LogP contribution in [0.1, 0.15) is 5.56 Å². The number of benzene rings is 1. The molecule has 11 heteroatoms. The zero-order valence-electron chi connectivity index (χ0n) is 13.7. The Morgan fingerprint density at radius 2 is 1.85 bits per heavy atom. The number of aromatic nitrogens is 1. The van der Waals surface area contributed by atoms with Gasteiger partial charge in [0.25, 0.3) is 0 Å². The molecule has 0 radical (unpaired) electrons. The summed E-state index contributed by atoms with van der Waals surface area (Å²) in [5, 5.41) is -0.00830. The average molecular weight is 423 g/mol. The van der Waals surface area contributed by atoms with Gasteiger partial charge >= 0.3 is 6.18 Å². The quantitative estimate of drug-likeness (QED) is 0.753. The molecule has 0 unspecified atom stereocenters. The molecule has 0 N–H and O–H groups in total. The summed E-state index contributed by atoms with van der Waals surface area (Å²) in [5.41, 5.74) is -0.909. The van der Waals surface area contributed by atoms with E-state index >= 15 is 0 Å². The summed E-state index contributed by atoms with van der Waals surface area (Å²) in [6.07, 6.45) is -3.86. The summed E-state index contributed by atoms with van der Waals surface area (Å²) in [7, 11) is -3.72. The Morgan fingerprint density at radius 1 is 1.15 bits per heavy atom. The van der Waals surface area contributed by atoms with Gasteiger partial charge in [-0.2, -0.15) is 17.5 Å². The van der Waals surface area contributed by atoms with Crippen LogP contribution >= 0.6 is 11.6 Å². The van der Waals surface area contributed by atoms with Crippen molar-refractivity contribution in [3.8, 4) is 11.6 Å². The Hall–Kier alpha value is -1.88. The number of morpholine rings is 1. The van der Waals surface area contributed by atoms with Crippen molar-refractivity contribution < 1.29 is 31.1 Å². The maximum absolute atomic E-state index is 12.6. The van der Waals surface area contributed by atoms with Gasteiger partial charge in [-0.3, -0.25) is 0 Å². The molecule has 0 spiro atoms. The van der Waals surface area contributed by atoms with E-state index in [0.717, 1.165) is 12.1 Å². The molecule has 1 aliphatic rings. The standard InChI is InChI=1S/C16H14ClF3N2O4S/c17-13-9-12(27(23,24)22-5-7-25-8-6-22)2-3-14(13)26-15-4-1-11(10-21-15)16(18,19)20/h1-4,9-10H,5-8H2. The van der Waals surface area contributed by atoms with Crippen LogP contribution in [0.3, 0.4) is 0 Å². The van der Waals surface area contributed by atoms with E-state index in [9.17, 15) is 21.6 Å². The molecule has 0 saturated carbocycles. The minimum atomic E-state index is -4.50. The highest BCUT2D eigenvalue weighted by Gasteiger charge is 2.31. The van der Waals surface area contributed by atoms with Gasteiger partial charge in [0, 0.05) is 25.4 Å². The molecule has 6 nitrogen and oxygen atoms in total. The molecule has 1 saturated heterocycles. The number of pyridine rings is 1. The molecule has 0 atom stereocenters. The third-order valence-electron chi connectivity index (χ3n) is 3.79. The molecule has 2 heterocycles. The van der Waals surface area contributed by atoms with E-state index < -0.39 is 21.8 Å². The van der Waals surface area contributed by atoms with Crippen LogP contribution in [0.5, 0.6) is 11.6 Å². The summed E-state index contributed by atoms with van der Waals surface area (Å²) >= 11 is 6.09. The second-order valence-electron chi connectivity index (χ2n) is 5.59. The van der Waals surface area contributed by atoms with Gasteiger partial charge in [0.2, 0.25) is 15.9 Å². The predicted octanol–water partition coefficient (Wildman–Crippen LogP) is 3.57. The summed E-state index contributed by atoms with van der Waals surface area (Å²) in [5.74, 6) is -0.0291. The number of hydrogen-bond donors (Lipinski definition) is 0. The lowest BCUT2D eigenvalue weighted by Crippen LogP contribution is -2.40. The average Bonchev–Trinajstić information content (AvgIpc) is 2.64. The van der Waals surface area contributed by atoms with Gasteiger partial charge in [-0.1, -0.05) is 11.6 Å². The van der Waals surface area contributed by atoms with Crippen LogP contribution in [0, 0.1) is 0 Å². The van der Waals surface area contributed by atoms with Crippen molar-refractivity contribution in [2.45, 2.75) is 11.1 Å². The van der Waals surface area contributed by atoms with Crippen LogP contribution in [0.4, 0.5) is 13.2 Å². The lowest BCUT2D eigenvalue weighted by molar-refractivity contribution is -0.137. The van der Waals surface area contributed by atoms with E-state index in [4.69, 9.17) is 21.1 Å².